The second kappa shape index (κ2) is 9.39. The molecule has 2 N–H and O–H groups in total. The zero-order chi connectivity index (χ0) is 20.4. The van der Waals surface area contributed by atoms with E-state index >= 15 is 0 Å². The summed E-state index contributed by atoms with van der Waals surface area (Å²) in [5, 5.41) is 14.6. The molecule has 29 heavy (non-hydrogen) atoms. The number of nitrogens with one attached hydrogen (secondary N) is 1. The van der Waals surface area contributed by atoms with Gasteiger partial charge in [0.15, 0.2) is 0 Å². The fourth-order valence-corrected chi connectivity index (χ4v) is 3.30. The van der Waals surface area contributed by atoms with Crippen LogP contribution in [0.15, 0.2) is 33.5 Å². The molecular formula is C21H22Cl2NO5-. The SMILES string of the molecule is COc1ccc(CNCc2c(O)c(Cl)cc3c(C)c(C)c(=O)oc23)c(OC)c1.[Cl-]. The first-order chi connectivity index (χ1) is 13.4. The van der Waals surface area contributed by atoms with E-state index in [0.717, 1.165) is 11.1 Å². The third kappa shape index (κ3) is 4.45. The minimum absolute atomic E-state index is 0. The van der Waals surface area contributed by atoms with Gasteiger partial charge in [0.2, 0.25) is 0 Å². The molecule has 0 atom stereocenters. The number of phenolic OH excluding ortho intramolecular Hbond substituents is 1. The lowest BCUT2D eigenvalue weighted by Gasteiger charge is -2.14. The molecule has 0 aliphatic rings. The molecule has 0 aliphatic carbocycles. The highest BCUT2D eigenvalue weighted by Crippen LogP contribution is 2.36. The quantitative estimate of drug-likeness (QED) is 0.560. The van der Waals surface area contributed by atoms with Gasteiger partial charge < -0.3 is 36.7 Å². The van der Waals surface area contributed by atoms with Crippen molar-refractivity contribution in [3.63, 3.8) is 0 Å². The van der Waals surface area contributed by atoms with Crippen LogP contribution in [0, 0.1) is 13.8 Å². The van der Waals surface area contributed by atoms with Gasteiger partial charge in [0, 0.05) is 35.7 Å². The Kier molecular flexibility index (Phi) is 7.41. The molecule has 0 bridgehead atoms. The van der Waals surface area contributed by atoms with Gasteiger partial charge in [-0.05, 0) is 31.5 Å². The van der Waals surface area contributed by atoms with E-state index in [-0.39, 0.29) is 29.7 Å². The van der Waals surface area contributed by atoms with Crippen LogP contribution < -0.4 is 32.8 Å². The van der Waals surface area contributed by atoms with E-state index < -0.39 is 5.63 Å². The number of hydrogen-bond donors (Lipinski definition) is 2. The van der Waals surface area contributed by atoms with Gasteiger partial charge in [-0.1, -0.05) is 17.7 Å². The van der Waals surface area contributed by atoms with Crippen molar-refractivity contribution in [1.29, 1.82) is 0 Å². The molecule has 156 valence electrons. The van der Waals surface area contributed by atoms with E-state index in [9.17, 15) is 9.90 Å². The van der Waals surface area contributed by atoms with Crippen molar-refractivity contribution in [2.75, 3.05) is 14.2 Å². The van der Waals surface area contributed by atoms with E-state index in [0.29, 0.717) is 40.1 Å². The highest BCUT2D eigenvalue weighted by Gasteiger charge is 2.18. The van der Waals surface area contributed by atoms with Gasteiger partial charge in [-0.2, -0.15) is 0 Å². The fraction of sp³-hybridized carbons (Fsp3) is 0.286. The number of phenols is 1. The Morgan fingerprint density at radius 2 is 1.83 bits per heavy atom. The number of halogens is 2. The average molecular weight is 439 g/mol. The van der Waals surface area contributed by atoms with Crippen molar-refractivity contribution in [2.24, 2.45) is 0 Å². The maximum Gasteiger partial charge on any atom is 0.339 e. The highest BCUT2D eigenvalue weighted by molar-refractivity contribution is 6.33. The zero-order valence-electron chi connectivity index (χ0n) is 16.6. The number of hydrogen-bond acceptors (Lipinski definition) is 6. The monoisotopic (exact) mass is 438 g/mol. The van der Waals surface area contributed by atoms with Crippen LogP contribution in [0.25, 0.3) is 11.0 Å². The molecule has 0 fully saturated rings. The van der Waals surface area contributed by atoms with Crippen LogP contribution in [-0.4, -0.2) is 19.3 Å². The van der Waals surface area contributed by atoms with Crippen molar-refractivity contribution < 1.29 is 31.4 Å². The Labute approximate surface area is 179 Å². The van der Waals surface area contributed by atoms with E-state index in [1.807, 2.05) is 19.1 Å². The lowest BCUT2D eigenvalue weighted by Crippen LogP contribution is -3.00. The second-order valence-electron chi connectivity index (χ2n) is 6.48. The van der Waals surface area contributed by atoms with Crippen molar-refractivity contribution in [3.05, 3.63) is 62.0 Å². The van der Waals surface area contributed by atoms with Gasteiger partial charge in [-0.25, -0.2) is 4.79 Å². The summed E-state index contributed by atoms with van der Waals surface area (Å²) < 4.78 is 16.1. The molecule has 6 nitrogen and oxygen atoms in total. The molecule has 1 aromatic heterocycles. The molecule has 1 heterocycles. The lowest BCUT2D eigenvalue weighted by atomic mass is 10.0. The summed E-state index contributed by atoms with van der Waals surface area (Å²) in [7, 11) is 3.19. The molecular weight excluding hydrogens is 417 g/mol. The molecule has 0 radical (unpaired) electrons. The van der Waals surface area contributed by atoms with E-state index in [4.69, 9.17) is 25.5 Å². The van der Waals surface area contributed by atoms with E-state index in [1.54, 1.807) is 33.3 Å². The van der Waals surface area contributed by atoms with Crippen LogP contribution >= 0.6 is 11.6 Å². The molecule has 0 unspecified atom stereocenters. The summed E-state index contributed by atoms with van der Waals surface area (Å²) in [6.07, 6.45) is 0. The smallest absolute Gasteiger partial charge is 0.339 e. The summed E-state index contributed by atoms with van der Waals surface area (Å²) in [5.41, 5.74) is 2.58. The molecule has 3 rings (SSSR count). The Bertz CT molecular complexity index is 1090. The van der Waals surface area contributed by atoms with E-state index in [1.165, 1.54) is 0 Å². The predicted molar refractivity (Wildman–Crippen MR) is 109 cm³/mol. The predicted octanol–water partition coefficient (Wildman–Crippen LogP) is 1.08. The minimum Gasteiger partial charge on any atom is -1.00 e. The second-order valence-corrected chi connectivity index (χ2v) is 6.89. The van der Waals surface area contributed by atoms with Gasteiger partial charge in [0.05, 0.1) is 24.8 Å². The van der Waals surface area contributed by atoms with Crippen LogP contribution in [0.4, 0.5) is 0 Å². The number of methoxy groups -OCH3 is 2. The topological polar surface area (TPSA) is 80.9 Å². The van der Waals surface area contributed by atoms with Crippen LogP contribution in [0.5, 0.6) is 17.2 Å². The Morgan fingerprint density at radius 3 is 2.48 bits per heavy atom. The summed E-state index contributed by atoms with van der Waals surface area (Å²) >= 11 is 6.20. The van der Waals surface area contributed by atoms with Crippen molar-refractivity contribution >= 4 is 22.6 Å². The molecule has 8 heteroatoms. The zero-order valence-corrected chi connectivity index (χ0v) is 18.1. The molecule has 0 amide bonds. The summed E-state index contributed by atoms with van der Waals surface area (Å²) in [6, 6.07) is 7.16. The van der Waals surface area contributed by atoms with Crippen LogP contribution in [0.1, 0.15) is 22.3 Å². The number of ether oxygens (including phenoxy) is 2. The van der Waals surface area contributed by atoms with Crippen LogP contribution in [-0.2, 0) is 13.1 Å². The fourth-order valence-electron chi connectivity index (χ4n) is 3.08. The summed E-state index contributed by atoms with van der Waals surface area (Å²) in [6.45, 7) is 4.26. The Balaban J connectivity index is 0.00000300. The van der Waals surface area contributed by atoms with Crippen molar-refractivity contribution in [3.8, 4) is 17.2 Å². The molecule has 0 saturated heterocycles. The number of benzene rings is 2. The first-order valence-corrected chi connectivity index (χ1v) is 9.11. The van der Waals surface area contributed by atoms with E-state index in [2.05, 4.69) is 5.32 Å². The molecule has 3 aromatic rings. The first kappa shape index (κ1) is 22.9. The van der Waals surface area contributed by atoms with Crippen molar-refractivity contribution in [2.45, 2.75) is 26.9 Å². The maximum atomic E-state index is 12.1. The third-order valence-electron chi connectivity index (χ3n) is 4.88. The standard InChI is InChI=1S/C21H22ClNO5.ClH/c1-11-12(2)21(25)28-20-15(11)8-17(22)19(24)16(20)10-23-9-13-5-6-14(26-3)7-18(13)27-4;/h5-8,23-24H,9-10H2,1-4H3;1H/p-1. The summed E-state index contributed by atoms with van der Waals surface area (Å²) in [4.78, 5) is 12.1. The Hall–Kier alpha value is -2.41. The largest absolute Gasteiger partial charge is 1.00 e. The number of rotatable bonds is 6. The van der Waals surface area contributed by atoms with Crippen molar-refractivity contribution in [1.82, 2.24) is 5.32 Å². The molecule has 0 saturated carbocycles. The summed E-state index contributed by atoms with van der Waals surface area (Å²) in [5.74, 6) is 1.28. The minimum atomic E-state index is -0.426. The average Bonchev–Trinajstić information content (AvgIpc) is 2.70. The van der Waals surface area contributed by atoms with Gasteiger partial charge in [0.25, 0.3) is 0 Å². The molecule has 0 spiro atoms. The Morgan fingerprint density at radius 1 is 1.10 bits per heavy atom. The normalized spacial score (nSPS) is 10.7. The molecule has 2 aromatic carbocycles. The van der Waals surface area contributed by atoms with Gasteiger partial charge >= 0.3 is 5.63 Å². The first-order valence-electron chi connectivity index (χ1n) is 8.73. The number of aryl methyl sites for hydroxylation is 1. The van der Waals surface area contributed by atoms with Gasteiger partial charge in [-0.3, -0.25) is 0 Å². The lowest BCUT2D eigenvalue weighted by molar-refractivity contribution is -0.00000784. The maximum absolute atomic E-state index is 12.1. The van der Waals surface area contributed by atoms with Crippen LogP contribution in [0.3, 0.4) is 0 Å². The third-order valence-corrected chi connectivity index (χ3v) is 5.17. The van der Waals surface area contributed by atoms with Crippen LogP contribution in [0.2, 0.25) is 5.02 Å². The highest BCUT2D eigenvalue weighted by atomic mass is 35.5. The number of fused-ring (bicyclic) bond motifs is 1. The molecule has 0 aliphatic heterocycles. The van der Waals surface area contributed by atoms with Gasteiger partial charge in [0.1, 0.15) is 22.8 Å². The van der Waals surface area contributed by atoms with Gasteiger partial charge in [-0.15, -0.1) is 0 Å². The number of aromatic hydroxyl groups is 1.